The maximum atomic E-state index is 12.5. The number of benzene rings is 1. The van der Waals surface area contributed by atoms with Crippen molar-refractivity contribution in [2.45, 2.75) is 13.5 Å². The summed E-state index contributed by atoms with van der Waals surface area (Å²) in [5.41, 5.74) is 2.02. The third kappa shape index (κ3) is 3.98. The molecule has 2 heterocycles. The first-order chi connectivity index (χ1) is 12.3. The Morgan fingerprint density at radius 1 is 1.27 bits per heavy atom. The van der Waals surface area contributed by atoms with Crippen LogP contribution in [0.25, 0.3) is 0 Å². The Morgan fingerprint density at radius 3 is 2.62 bits per heavy atom. The molecule has 0 saturated carbocycles. The predicted molar refractivity (Wildman–Crippen MR) is 109 cm³/mol. The highest BCUT2D eigenvalue weighted by atomic mass is 79.9. The van der Waals surface area contributed by atoms with Crippen LogP contribution in [0.1, 0.15) is 21.7 Å². The highest BCUT2D eigenvalue weighted by molar-refractivity contribution is 9.11. The summed E-state index contributed by atoms with van der Waals surface area (Å²) in [7, 11) is 1.78. The molecule has 0 atom stereocenters. The molecule has 1 amide bonds. The Bertz CT molecular complexity index is 999. The second kappa shape index (κ2) is 7.72. The number of nitrogens with zero attached hydrogens (tertiary/aromatic N) is 4. The number of hydrogen-bond acceptors (Lipinski definition) is 3. The fourth-order valence-corrected chi connectivity index (χ4v) is 3.68. The van der Waals surface area contributed by atoms with Crippen LogP contribution in [-0.2, 0) is 13.6 Å². The van der Waals surface area contributed by atoms with Crippen molar-refractivity contribution in [1.82, 2.24) is 19.6 Å². The molecule has 0 aliphatic heterocycles. The van der Waals surface area contributed by atoms with Gasteiger partial charge in [-0.15, -0.1) is 0 Å². The van der Waals surface area contributed by atoms with Crippen LogP contribution in [0.3, 0.4) is 0 Å². The summed E-state index contributed by atoms with van der Waals surface area (Å²) in [5.74, 6) is 0.0475. The van der Waals surface area contributed by atoms with Crippen LogP contribution in [0, 0.1) is 6.92 Å². The number of aromatic nitrogens is 4. The van der Waals surface area contributed by atoms with E-state index in [0.29, 0.717) is 37.0 Å². The molecule has 1 aromatic carbocycles. The second-order valence-electron chi connectivity index (χ2n) is 5.58. The molecule has 0 aliphatic rings. The summed E-state index contributed by atoms with van der Waals surface area (Å²) in [5, 5.41) is 12.5. The maximum absolute atomic E-state index is 12.5. The minimum atomic E-state index is -0.351. The molecule has 0 spiro atoms. The molecule has 136 valence electrons. The van der Waals surface area contributed by atoms with Crippen molar-refractivity contribution in [3.63, 3.8) is 0 Å². The number of nitrogens with one attached hydrogen (secondary N) is 1. The maximum Gasteiger partial charge on any atom is 0.278 e. The minimum absolute atomic E-state index is 0.298. The summed E-state index contributed by atoms with van der Waals surface area (Å²) in [6.45, 7) is 2.31. The van der Waals surface area contributed by atoms with Gasteiger partial charge in [0.1, 0.15) is 0 Å². The van der Waals surface area contributed by atoms with Gasteiger partial charge in [-0.2, -0.15) is 10.2 Å². The number of hydrogen-bond donors (Lipinski definition) is 1. The van der Waals surface area contributed by atoms with Crippen molar-refractivity contribution >= 4 is 66.8 Å². The summed E-state index contributed by atoms with van der Waals surface area (Å²) < 4.78 is 4.61. The van der Waals surface area contributed by atoms with Crippen molar-refractivity contribution in [2.24, 2.45) is 7.05 Å². The average Bonchev–Trinajstić information content (AvgIpc) is 3.04. The average molecular weight is 522 g/mol. The first-order valence-corrected chi connectivity index (χ1v) is 9.77. The number of carbonyl (C=O) groups excluding carboxylic acids is 1. The van der Waals surface area contributed by atoms with Crippen molar-refractivity contribution in [2.75, 3.05) is 5.32 Å². The molecule has 0 radical (unpaired) electrons. The molecule has 0 aliphatic carbocycles. The number of anilines is 1. The lowest BCUT2D eigenvalue weighted by Crippen LogP contribution is -2.14. The number of aryl methyl sites for hydroxylation is 1. The first-order valence-electron chi connectivity index (χ1n) is 7.43. The Labute approximate surface area is 176 Å². The van der Waals surface area contributed by atoms with Crippen LogP contribution in [0.2, 0.25) is 10.0 Å². The molecule has 3 rings (SSSR count). The SMILES string of the molecule is Cc1c(Br)c(C(=O)Nc2nn(Cc3ccc(Cl)cc3Cl)cc2Br)nn1C. The van der Waals surface area contributed by atoms with Gasteiger partial charge >= 0.3 is 0 Å². The third-order valence-electron chi connectivity index (χ3n) is 3.77. The van der Waals surface area contributed by atoms with Crippen molar-refractivity contribution in [3.05, 3.63) is 60.3 Å². The van der Waals surface area contributed by atoms with Gasteiger partial charge in [-0.1, -0.05) is 29.3 Å². The van der Waals surface area contributed by atoms with E-state index in [2.05, 4.69) is 47.4 Å². The fraction of sp³-hybridized carbons (Fsp3) is 0.188. The normalized spacial score (nSPS) is 11.0. The molecule has 0 saturated heterocycles. The molecular formula is C16H13Br2Cl2N5O. The Balaban J connectivity index is 1.79. The van der Waals surface area contributed by atoms with E-state index in [0.717, 1.165) is 11.3 Å². The molecule has 2 aromatic heterocycles. The molecule has 10 heteroatoms. The van der Waals surface area contributed by atoms with Gasteiger partial charge in [-0.05, 0) is 56.5 Å². The van der Waals surface area contributed by atoms with E-state index in [1.54, 1.807) is 34.7 Å². The molecule has 3 aromatic rings. The molecule has 1 N–H and O–H groups in total. The van der Waals surface area contributed by atoms with E-state index in [1.807, 2.05) is 13.0 Å². The monoisotopic (exact) mass is 519 g/mol. The Morgan fingerprint density at radius 2 is 2.00 bits per heavy atom. The molecule has 0 unspecified atom stereocenters. The summed E-state index contributed by atoms with van der Waals surface area (Å²) >= 11 is 18.9. The smallest absolute Gasteiger partial charge is 0.278 e. The molecule has 0 bridgehead atoms. The number of halogens is 4. The summed E-state index contributed by atoms with van der Waals surface area (Å²) in [6.07, 6.45) is 1.76. The van der Waals surface area contributed by atoms with E-state index < -0.39 is 0 Å². The topological polar surface area (TPSA) is 64.7 Å². The number of amides is 1. The Hall–Kier alpha value is -1.35. The van der Waals surface area contributed by atoms with Gasteiger partial charge in [0.05, 0.1) is 21.2 Å². The first kappa shape index (κ1) is 19.4. The van der Waals surface area contributed by atoms with Crippen molar-refractivity contribution in [1.29, 1.82) is 0 Å². The zero-order valence-corrected chi connectivity index (χ0v) is 18.4. The van der Waals surface area contributed by atoms with Gasteiger partial charge in [-0.25, -0.2) is 0 Å². The predicted octanol–water partition coefficient (Wildman–Crippen LogP) is 5.06. The molecular weight excluding hydrogens is 509 g/mol. The zero-order valence-electron chi connectivity index (χ0n) is 13.7. The molecule has 0 fully saturated rings. The zero-order chi connectivity index (χ0) is 19.0. The number of rotatable bonds is 4. The summed E-state index contributed by atoms with van der Waals surface area (Å²) in [4.78, 5) is 12.5. The largest absolute Gasteiger partial charge is 0.303 e. The highest BCUT2D eigenvalue weighted by Crippen LogP contribution is 2.26. The lowest BCUT2D eigenvalue weighted by molar-refractivity contribution is 0.102. The van der Waals surface area contributed by atoms with Crippen LogP contribution in [0.15, 0.2) is 33.3 Å². The second-order valence-corrected chi connectivity index (χ2v) is 8.08. The van der Waals surface area contributed by atoms with E-state index in [-0.39, 0.29) is 5.91 Å². The van der Waals surface area contributed by atoms with Gasteiger partial charge < -0.3 is 5.32 Å². The van der Waals surface area contributed by atoms with E-state index in [1.165, 1.54) is 0 Å². The lowest BCUT2D eigenvalue weighted by atomic mass is 10.2. The van der Waals surface area contributed by atoms with Crippen LogP contribution in [0.4, 0.5) is 5.82 Å². The third-order valence-corrected chi connectivity index (χ3v) is 5.89. The van der Waals surface area contributed by atoms with E-state index in [4.69, 9.17) is 23.2 Å². The van der Waals surface area contributed by atoms with Gasteiger partial charge in [0.2, 0.25) is 0 Å². The van der Waals surface area contributed by atoms with E-state index in [9.17, 15) is 4.79 Å². The van der Waals surface area contributed by atoms with Gasteiger partial charge in [0, 0.05) is 23.3 Å². The van der Waals surface area contributed by atoms with Gasteiger partial charge in [-0.3, -0.25) is 14.2 Å². The van der Waals surface area contributed by atoms with Crippen molar-refractivity contribution in [3.8, 4) is 0 Å². The highest BCUT2D eigenvalue weighted by Gasteiger charge is 2.20. The summed E-state index contributed by atoms with van der Waals surface area (Å²) in [6, 6.07) is 5.29. The number of carbonyl (C=O) groups is 1. The molecule has 6 nitrogen and oxygen atoms in total. The Kier molecular flexibility index (Phi) is 5.76. The van der Waals surface area contributed by atoms with E-state index >= 15 is 0 Å². The standard InChI is InChI=1S/C16H13Br2Cl2N5O/c1-8-13(18)14(22-24(8)2)16(26)21-15-11(17)7-25(23-15)6-9-3-4-10(19)5-12(9)20/h3-5,7H,6H2,1-2H3,(H,21,23,26). The van der Waals surface area contributed by atoms with Gasteiger partial charge in [0.15, 0.2) is 11.5 Å². The van der Waals surface area contributed by atoms with Crippen LogP contribution in [0.5, 0.6) is 0 Å². The van der Waals surface area contributed by atoms with Crippen LogP contribution in [-0.4, -0.2) is 25.5 Å². The fourth-order valence-electron chi connectivity index (χ4n) is 2.28. The van der Waals surface area contributed by atoms with Crippen molar-refractivity contribution < 1.29 is 4.79 Å². The quantitative estimate of drug-likeness (QED) is 0.522. The minimum Gasteiger partial charge on any atom is -0.303 e. The lowest BCUT2D eigenvalue weighted by Gasteiger charge is -2.05. The van der Waals surface area contributed by atoms with Crippen LogP contribution >= 0.6 is 55.1 Å². The van der Waals surface area contributed by atoms with Crippen LogP contribution < -0.4 is 5.32 Å². The van der Waals surface area contributed by atoms with Gasteiger partial charge in [0.25, 0.3) is 5.91 Å². The molecule has 26 heavy (non-hydrogen) atoms.